The van der Waals surface area contributed by atoms with E-state index in [1.165, 1.54) is 32.9 Å². The van der Waals surface area contributed by atoms with Crippen molar-refractivity contribution in [2.24, 2.45) is 5.73 Å². The van der Waals surface area contributed by atoms with Gasteiger partial charge in [-0.2, -0.15) is 0 Å². The van der Waals surface area contributed by atoms with Gasteiger partial charge in [-0.25, -0.2) is 0 Å². The summed E-state index contributed by atoms with van der Waals surface area (Å²) >= 11 is 1.34. The normalized spacial score (nSPS) is 30.0. The van der Waals surface area contributed by atoms with Gasteiger partial charge in [0.1, 0.15) is 24.6 Å². The predicted molar refractivity (Wildman–Crippen MR) is 152 cm³/mol. The van der Waals surface area contributed by atoms with E-state index >= 15 is 0 Å². The number of methoxy groups -OCH3 is 2. The van der Waals surface area contributed by atoms with Gasteiger partial charge in [-0.05, 0) is 31.4 Å². The molecule has 0 aliphatic carbocycles. The van der Waals surface area contributed by atoms with Gasteiger partial charge in [0, 0.05) is 41.0 Å². The molecule has 4 bridgehead atoms. The number of phenolic OH excluding ortho intramolecular Hbond substituents is 2. The fourth-order valence-electron chi connectivity index (χ4n) is 7.20. The van der Waals surface area contributed by atoms with E-state index in [0.717, 1.165) is 11.1 Å². The highest BCUT2D eigenvalue weighted by Crippen LogP contribution is 2.61. The lowest BCUT2D eigenvalue weighted by molar-refractivity contribution is -0.159. The van der Waals surface area contributed by atoms with E-state index in [9.17, 15) is 24.9 Å². The van der Waals surface area contributed by atoms with Crippen LogP contribution in [0.15, 0.2) is 6.07 Å². The molecule has 0 amide bonds. The fraction of sp³-hybridized carbons (Fsp3) is 0.517. The standard InChI is InChI=1S/C29H35N3O9S/c1-10-6-13-7-15-28(36)32-16-8-40-29(37)14(30)9-42-27(21(32)20(31-15)17(13)22(34)24(10)38-4)19-18(16)23(35)26(39-5)11(2)25(19)41-12(3)33/h6,14-16,20-21,27-28,31,34-36H,7-9,30H2,1-5H3/t14-,15?,16-,20+,21+,27+,28-/m0/s1. The van der Waals surface area contributed by atoms with E-state index in [2.05, 4.69) is 5.32 Å². The maximum atomic E-state index is 12.8. The average molecular weight is 602 g/mol. The van der Waals surface area contributed by atoms with Crippen LogP contribution in [0.25, 0.3) is 0 Å². The van der Waals surface area contributed by atoms with Gasteiger partial charge in [0.05, 0.1) is 37.6 Å². The van der Waals surface area contributed by atoms with Gasteiger partial charge in [0.15, 0.2) is 23.0 Å². The van der Waals surface area contributed by atoms with Crippen molar-refractivity contribution in [3.05, 3.63) is 39.4 Å². The van der Waals surface area contributed by atoms with Crippen molar-refractivity contribution in [1.82, 2.24) is 10.2 Å². The molecule has 4 aliphatic rings. The molecule has 226 valence electrons. The molecule has 2 saturated heterocycles. The van der Waals surface area contributed by atoms with E-state index < -0.39 is 53.6 Å². The number of aliphatic hydroxyl groups excluding tert-OH is 1. The summed E-state index contributed by atoms with van der Waals surface area (Å²) in [6.07, 6.45) is -0.653. The van der Waals surface area contributed by atoms with Gasteiger partial charge >= 0.3 is 11.9 Å². The van der Waals surface area contributed by atoms with Crippen molar-refractivity contribution >= 4 is 23.7 Å². The first-order chi connectivity index (χ1) is 20.0. The number of ether oxygens (including phenoxy) is 4. The van der Waals surface area contributed by atoms with E-state index in [-0.39, 0.29) is 35.4 Å². The number of benzene rings is 2. The van der Waals surface area contributed by atoms with Crippen LogP contribution in [-0.2, 0) is 20.7 Å². The third-order valence-corrected chi connectivity index (χ3v) is 10.3. The molecular formula is C29H35N3O9S. The maximum Gasteiger partial charge on any atom is 0.323 e. The summed E-state index contributed by atoms with van der Waals surface area (Å²) in [6, 6.07) is -1.35. The number of carbonyl (C=O) groups excluding carboxylic acids is 2. The van der Waals surface area contributed by atoms with E-state index in [0.29, 0.717) is 34.4 Å². The minimum absolute atomic E-state index is 0.00933. The summed E-state index contributed by atoms with van der Waals surface area (Å²) in [4.78, 5) is 27.0. The number of nitrogens with one attached hydrogen (secondary N) is 1. The molecule has 42 heavy (non-hydrogen) atoms. The second-order valence-corrected chi connectivity index (χ2v) is 12.4. The molecule has 6 rings (SSSR count). The van der Waals surface area contributed by atoms with Crippen molar-refractivity contribution in [2.75, 3.05) is 26.6 Å². The molecule has 2 aromatic carbocycles. The Morgan fingerprint density at radius 2 is 1.81 bits per heavy atom. The summed E-state index contributed by atoms with van der Waals surface area (Å²) in [6.45, 7) is 4.61. The number of rotatable bonds is 3. The lowest BCUT2D eigenvalue weighted by Gasteiger charge is -2.59. The molecule has 0 spiro atoms. The number of thioether (sulfide) groups is 1. The molecule has 4 aliphatic heterocycles. The number of phenols is 2. The number of hydrogen-bond acceptors (Lipinski definition) is 13. The van der Waals surface area contributed by atoms with Gasteiger partial charge in [-0.3, -0.25) is 14.5 Å². The van der Waals surface area contributed by atoms with Crippen LogP contribution in [0.2, 0.25) is 0 Å². The number of aliphatic hydroxyl groups is 1. The zero-order valence-electron chi connectivity index (χ0n) is 24.0. The zero-order chi connectivity index (χ0) is 30.2. The highest BCUT2D eigenvalue weighted by atomic mass is 32.2. The number of piperazine rings is 1. The van der Waals surface area contributed by atoms with Crippen LogP contribution in [0.1, 0.15) is 57.6 Å². The molecule has 0 aromatic heterocycles. The largest absolute Gasteiger partial charge is 0.504 e. The number of fused-ring (bicyclic) bond motifs is 7. The number of cyclic esters (lactones) is 1. The molecule has 0 saturated carbocycles. The SMILES string of the molecule is COc1c(C)cc2c(c1O)[C@H]1NC(C2)[C@H](O)N2[C@H]1[C@@H]1SC[C@H](N)C(=O)OC[C@H]2c2c(O)c(OC)c(C)c(OC(C)=O)c21. The number of aryl methyl sites for hydroxylation is 1. The Kier molecular flexibility index (Phi) is 7.21. The third kappa shape index (κ3) is 4.13. The molecule has 12 nitrogen and oxygen atoms in total. The van der Waals surface area contributed by atoms with Crippen LogP contribution in [-0.4, -0.2) is 83.1 Å². The molecule has 6 N–H and O–H groups in total. The Labute approximate surface area is 247 Å². The smallest absolute Gasteiger partial charge is 0.323 e. The Hall–Kier alpha value is -3.23. The molecule has 4 heterocycles. The van der Waals surface area contributed by atoms with Crippen LogP contribution >= 0.6 is 11.8 Å². The summed E-state index contributed by atoms with van der Waals surface area (Å²) < 4.78 is 22.6. The zero-order valence-corrected chi connectivity index (χ0v) is 24.8. The highest BCUT2D eigenvalue weighted by molar-refractivity contribution is 7.99. The molecular weight excluding hydrogens is 566 g/mol. The lowest BCUT2D eigenvalue weighted by atomic mass is 9.74. The summed E-state index contributed by atoms with van der Waals surface area (Å²) in [5.41, 5.74) is 9.80. The quantitative estimate of drug-likeness (QED) is 0.254. The van der Waals surface area contributed by atoms with E-state index in [1.54, 1.807) is 6.92 Å². The first-order valence-electron chi connectivity index (χ1n) is 13.8. The van der Waals surface area contributed by atoms with Crippen molar-refractivity contribution in [3.8, 4) is 28.7 Å². The molecule has 13 heteroatoms. The topological polar surface area (TPSA) is 173 Å². The minimum atomic E-state index is -1.07. The number of nitrogens with two attached hydrogens (primary N) is 1. The Bertz CT molecular complexity index is 1480. The summed E-state index contributed by atoms with van der Waals surface area (Å²) in [5.74, 6) is -0.486. The number of carbonyl (C=O) groups is 2. The molecule has 2 aromatic rings. The fourth-order valence-corrected chi connectivity index (χ4v) is 8.65. The highest BCUT2D eigenvalue weighted by Gasteiger charge is 2.58. The van der Waals surface area contributed by atoms with Crippen LogP contribution in [0, 0.1) is 13.8 Å². The van der Waals surface area contributed by atoms with E-state index in [4.69, 9.17) is 24.7 Å². The second kappa shape index (κ2) is 10.5. The van der Waals surface area contributed by atoms with Gasteiger partial charge in [0.25, 0.3) is 0 Å². The monoisotopic (exact) mass is 601 g/mol. The Morgan fingerprint density at radius 1 is 1.12 bits per heavy atom. The predicted octanol–water partition coefficient (Wildman–Crippen LogP) is 1.63. The first-order valence-corrected chi connectivity index (χ1v) is 14.8. The first kappa shape index (κ1) is 28.9. The second-order valence-electron chi connectivity index (χ2n) is 11.2. The maximum absolute atomic E-state index is 12.8. The Balaban J connectivity index is 1.67. The third-order valence-electron chi connectivity index (χ3n) is 8.83. The van der Waals surface area contributed by atoms with Gasteiger partial charge in [-0.15, -0.1) is 11.8 Å². The number of aromatic hydroxyl groups is 2. The minimum Gasteiger partial charge on any atom is -0.504 e. The van der Waals surface area contributed by atoms with Crippen LogP contribution in [0.4, 0.5) is 0 Å². The summed E-state index contributed by atoms with van der Waals surface area (Å²) in [7, 11) is 2.90. The Morgan fingerprint density at radius 3 is 2.48 bits per heavy atom. The van der Waals surface area contributed by atoms with Crippen LogP contribution in [0.3, 0.4) is 0 Å². The average Bonchev–Trinajstić information content (AvgIpc) is 2.94. The molecule has 2 fully saturated rings. The summed E-state index contributed by atoms with van der Waals surface area (Å²) in [5, 5.41) is 38.0. The van der Waals surface area contributed by atoms with Crippen LogP contribution < -0.4 is 25.3 Å². The van der Waals surface area contributed by atoms with Crippen molar-refractivity contribution in [3.63, 3.8) is 0 Å². The number of hydrogen-bond donors (Lipinski definition) is 5. The van der Waals surface area contributed by atoms with Gasteiger partial charge in [-0.1, -0.05) is 6.07 Å². The van der Waals surface area contributed by atoms with Crippen molar-refractivity contribution in [2.45, 2.75) is 68.9 Å². The van der Waals surface area contributed by atoms with Gasteiger partial charge in [0.2, 0.25) is 0 Å². The van der Waals surface area contributed by atoms with Crippen LogP contribution in [0.5, 0.6) is 28.7 Å². The number of nitrogens with zero attached hydrogens (tertiary/aromatic N) is 1. The number of esters is 2. The molecule has 0 radical (unpaired) electrons. The van der Waals surface area contributed by atoms with Gasteiger partial charge < -0.3 is 45.3 Å². The van der Waals surface area contributed by atoms with E-state index in [1.807, 2.05) is 17.9 Å². The van der Waals surface area contributed by atoms with Crippen molar-refractivity contribution < 1.29 is 43.9 Å². The molecule has 1 unspecified atom stereocenters. The lowest BCUT2D eigenvalue weighted by Crippen LogP contribution is -2.69. The van der Waals surface area contributed by atoms with Crippen molar-refractivity contribution in [1.29, 1.82) is 0 Å². The molecule has 7 atom stereocenters.